The summed E-state index contributed by atoms with van der Waals surface area (Å²) in [5.41, 5.74) is 5.97. The number of hydrogen-bond acceptors (Lipinski definition) is 7. The van der Waals surface area contributed by atoms with Crippen molar-refractivity contribution >= 4 is 21.6 Å². The van der Waals surface area contributed by atoms with Crippen molar-refractivity contribution in [2.24, 2.45) is 0 Å². The molecule has 0 bridgehead atoms. The molecule has 0 spiro atoms. The summed E-state index contributed by atoms with van der Waals surface area (Å²) in [5, 5.41) is 0. The molecule has 1 atom stereocenters. The average Bonchev–Trinajstić information content (AvgIpc) is 2.96. The van der Waals surface area contributed by atoms with Crippen molar-refractivity contribution in [3.63, 3.8) is 0 Å². The molecule has 0 saturated carbocycles. The van der Waals surface area contributed by atoms with Gasteiger partial charge in [-0.1, -0.05) is 60.7 Å². The smallest absolute Gasteiger partial charge is 0.328 e. The number of ether oxygens (including phenoxy) is 3. The van der Waals surface area contributed by atoms with Crippen molar-refractivity contribution in [1.29, 1.82) is 0 Å². The normalized spacial score (nSPS) is 15.3. The minimum atomic E-state index is -3.88. The molecule has 9 heteroatoms. The Hall–Kier alpha value is -3.53. The van der Waals surface area contributed by atoms with E-state index in [0.29, 0.717) is 25.5 Å². The van der Waals surface area contributed by atoms with Crippen molar-refractivity contribution < 1.29 is 27.4 Å². The highest BCUT2D eigenvalue weighted by Crippen LogP contribution is 2.31. The van der Waals surface area contributed by atoms with Crippen molar-refractivity contribution in [3.8, 4) is 17.1 Å². The Bertz CT molecular complexity index is 1480. The maximum atomic E-state index is 13.1. The van der Waals surface area contributed by atoms with Gasteiger partial charge in [0.15, 0.2) is 11.0 Å². The quantitative estimate of drug-likeness (QED) is 0.241. The Labute approximate surface area is 236 Å². The zero-order valence-electron chi connectivity index (χ0n) is 23.6. The number of carbonyl (C=O) groups excluding carboxylic acids is 1. The van der Waals surface area contributed by atoms with Gasteiger partial charge in [0.2, 0.25) is 15.9 Å². The van der Waals surface area contributed by atoms with E-state index in [-0.39, 0.29) is 6.54 Å². The van der Waals surface area contributed by atoms with Crippen LogP contribution in [0, 0.1) is 6.92 Å². The van der Waals surface area contributed by atoms with Crippen molar-refractivity contribution in [1.82, 2.24) is 9.29 Å². The molecule has 2 heterocycles. The molecule has 3 aromatic rings. The molecule has 0 fully saturated rings. The highest BCUT2D eigenvalue weighted by Gasteiger charge is 2.46. The van der Waals surface area contributed by atoms with E-state index in [1.165, 1.54) is 25.3 Å². The van der Waals surface area contributed by atoms with Crippen LogP contribution in [0.15, 0.2) is 72.8 Å². The molecule has 1 aromatic heterocycles. The Morgan fingerprint density at radius 1 is 1.07 bits per heavy atom. The van der Waals surface area contributed by atoms with Gasteiger partial charge in [-0.2, -0.15) is 4.31 Å². The summed E-state index contributed by atoms with van der Waals surface area (Å²) in [4.78, 5) is 16.8. The number of benzene rings is 2. The van der Waals surface area contributed by atoms with Crippen LogP contribution in [0.3, 0.4) is 0 Å². The number of aromatic nitrogens is 1. The molecule has 0 radical (unpaired) electrons. The number of pyridine rings is 1. The highest BCUT2D eigenvalue weighted by molar-refractivity contribution is 7.91. The number of aryl methyl sites for hydroxylation is 1. The predicted molar refractivity (Wildman–Crippen MR) is 155 cm³/mol. The van der Waals surface area contributed by atoms with Crippen LogP contribution in [-0.4, -0.2) is 54.9 Å². The van der Waals surface area contributed by atoms with Crippen LogP contribution in [0.4, 0.5) is 0 Å². The lowest BCUT2D eigenvalue weighted by Crippen LogP contribution is -2.51. The van der Waals surface area contributed by atoms with Crippen LogP contribution in [-0.2, 0) is 30.9 Å². The van der Waals surface area contributed by atoms with E-state index < -0.39 is 27.0 Å². The van der Waals surface area contributed by atoms with E-state index in [2.05, 4.69) is 6.07 Å². The van der Waals surface area contributed by atoms with E-state index in [0.717, 1.165) is 33.5 Å². The summed E-state index contributed by atoms with van der Waals surface area (Å²) in [6.07, 6.45) is 1.98. The fourth-order valence-electron chi connectivity index (χ4n) is 4.58. The average molecular weight is 565 g/mol. The first-order chi connectivity index (χ1) is 19.0. The Morgan fingerprint density at radius 2 is 1.82 bits per heavy atom. The summed E-state index contributed by atoms with van der Waals surface area (Å²) in [7, 11) is -2.68. The third kappa shape index (κ3) is 6.43. The zero-order chi connectivity index (χ0) is 28.9. The molecule has 4 rings (SSSR count). The van der Waals surface area contributed by atoms with Gasteiger partial charge in [0.25, 0.3) is 0 Å². The number of esters is 1. The second-order valence-corrected chi connectivity index (χ2v) is 12.7. The minimum Gasteiger partial charge on any atom is -0.468 e. The largest absolute Gasteiger partial charge is 0.468 e. The summed E-state index contributed by atoms with van der Waals surface area (Å²) < 4.78 is 42.3. The van der Waals surface area contributed by atoms with Crippen molar-refractivity contribution in [3.05, 3.63) is 89.5 Å². The van der Waals surface area contributed by atoms with Gasteiger partial charge in [-0.05, 0) is 62.4 Å². The van der Waals surface area contributed by atoms with Crippen LogP contribution < -0.4 is 4.74 Å². The van der Waals surface area contributed by atoms with E-state index in [9.17, 15) is 13.2 Å². The van der Waals surface area contributed by atoms with Gasteiger partial charge >= 0.3 is 5.97 Å². The number of carbonyl (C=O) groups is 1. The third-order valence-corrected chi connectivity index (χ3v) is 9.51. The molecule has 8 nitrogen and oxygen atoms in total. The molecule has 0 amide bonds. The van der Waals surface area contributed by atoms with Crippen LogP contribution in [0.2, 0.25) is 0 Å². The van der Waals surface area contributed by atoms with Crippen LogP contribution in [0.25, 0.3) is 16.8 Å². The molecule has 212 valence electrons. The first-order valence-corrected chi connectivity index (χ1v) is 14.6. The zero-order valence-corrected chi connectivity index (χ0v) is 24.4. The maximum absolute atomic E-state index is 13.1. The molecular formula is C31H36N2O6S. The van der Waals surface area contributed by atoms with Crippen molar-refractivity contribution in [2.45, 2.75) is 51.8 Å². The number of nitrogens with zero attached hydrogens (tertiary/aromatic N) is 2. The van der Waals surface area contributed by atoms with Gasteiger partial charge < -0.3 is 14.2 Å². The summed E-state index contributed by atoms with van der Waals surface area (Å²) in [6.45, 7) is 7.57. The Balaban J connectivity index is 1.43. The van der Waals surface area contributed by atoms with E-state index in [1.54, 1.807) is 0 Å². The molecular weight excluding hydrogens is 528 g/mol. The number of sulfonamides is 1. The monoisotopic (exact) mass is 564 g/mol. The van der Waals surface area contributed by atoms with Crippen molar-refractivity contribution in [2.75, 3.05) is 20.2 Å². The van der Waals surface area contributed by atoms with Gasteiger partial charge in [0.1, 0.15) is 0 Å². The molecule has 1 unspecified atom stereocenters. The van der Waals surface area contributed by atoms with E-state index >= 15 is 0 Å². The lowest BCUT2D eigenvalue weighted by Gasteiger charge is -2.32. The molecule has 2 aromatic carbocycles. The predicted octanol–water partition coefficient (Wildman–Crippen LogP) is 5.37. The number of hydrogen-bond donors (Lipinski definition) is 0. The van der Waals surface area contributed by atoms with E-state index in [1.807, 2.05) is 80.6 Å². The lowest BCUT2D eigenvalue weighted by atomic mass is 9.95. The van der Waals surface area contributed by atoms with Crippen LogP contribution >= 0.6 is 0 Å². The molecule has 40 heavy (non-hydrogen) atoms. The molecule has 1 aliphatic heterocycles. The second kappa shape index (κ2) is 12.3. The first-order valence-electron chi connectivity index (χ1n) is 13.2. The summed E-state index contributed by atoms with van der Waals surface area (Å²) >= 11 is 0. The SMILES string of the molecule is COC(=O)C(C)(C)S(=O)(=O)N1CC=C(c2ccc(-c3cccc(OC(C)OCc4ccccc4)n3)c(C)c2)CC1. The maximum Gasteiger partial charge on any atom is 0.328 e. The lowest BCUT2D eigenvalue weighted by molar-refractivity contribution is -0.142. The van der Waals surface area contributed by atoms with Gasteiger partial charge in [-0.3, -0.25) is 4.79 Å². The minimum absolute atomic E-state index is 0.199. The summed E-state index contributed by atoms with van der Waals surface area (Å²) in [6, 6.07) is 21.7. The Morgan fingerprint density at radius 3 is 2.48 bits per heavy atom. The topological polar surface area (TPSA) is 95.0 Å². The number of rotatable bonds is 10. The van der Waals surface area contributed by atoms with Gasteiger partial charge in [-0.15, -0.1) is 0 Å². The highest BCUT2D eigenvalue weighted by atomic mass is 32.2. The van der Waals surface area contributed by atoms with E-state index in [4.69, 9.17) is 19.2 Å². The van der Waals surface area contributed by atoms with Crippen LogP contribution in [0.5, 0.6) is 5.88 Å². The standard InChI is InChI=1S/C31H36N2O6S/c1-22-20-26(25-16-18-33(19-17-25)40(35,36)31(3,4)30(34)37-5)14-15-27(22)28-12-9-13-29(32-28)39-23(2)38-21-24-10-7-6-8-11-24/h6-16,20,23H,17-19,21H2,1-5H3. The second-order valence-electron chi connectivity index (χ2n) is 10.2. The molecule has 0 saturated heterocycles. The van der Waals surface area contributed by atoms with Crippen LogP contribution in [0.1, 0.15) is 43.9 Å². The first kappa shape index (κ1) is 29.5. The molecule has 1 aliphatic rings. The fourth-order valence-corrected chi connectivity index (χ4v) is 6.12. The Kier molecular flexibility index (Phi) is 9.08. The fraction of sp³-hybridized carbons (Fsp3) is 0.355. The van der Waals surface area contributed by atoms with Gasteiger partial charge in [-0.25, -0.2) is 13.4 Å². The molecule has 0 aliphatic carbocycles. The molecule has 0 N–H and O–H groups in total. The summed E-state index contributed by atoms with van der Waals surface area (Å²) in [5.74, 6) is -0.293. The third-order valence-electron chi connectivity index (χ3n) is 7.04. The number of methoxy groups -OCH3 is 1. The van der Waals surface area contributed by atoms with Gasteiger partial charge in [0, 0.05) is 24.7 Å². The van der Waals surface area contributed by atoms with Gasteiger partial charge in [0.05, 0.1) is 19.4 Å².